The summed E-state index contributed by atoms with van der Waals surface area (Å²) in [4.78, 5) is 14.9. The van der Waals surface area contributed by atoms with Gasteiger partial charge >= 0.3 is 0 Å². The second-order valence-electron chi connectivity index (χ2n) is 6.55. The molecule has 0 aromatic rings. The average Bonchev–Trinajstić information content (AvgIpc) is 2.94. The maximum Gasteiger partial charge on any atom is 0.223 e. The summed E-state index contributed by atoms with van der Waals surface area (Å²) < 4.78 is 5.48. The summed E-state index contributed by atoms with van der Waals surface area (Å²) in [6.45, 7) is 8.47. The van der Waals surface area contributed by atoms with E-state index in [2.05, 4.69) is 22.5 Å². The van der Waals surface area contributed by atoms with Gasteiger partial charge in [0, 0.05) is 36.8 Å². The zero-order valence-electron chi connectivity index (χ0n) is 13.7. The summed E-state index contributed by atoms with van der Waals surface area (Å²) in [6.07, 6.45) is 1.18. The van der Waals surface area contributed by atoms with Crippen LogP contribution in [0.4, 0.5) is 0 Å². The van der Waals surface area contributed by atoms with E-state index in [-0.39, 0.29) is 42.2 Å². The molecular weight excluding hydrogens is 357 g/mol. The first-order chi connectivity index (χ1) is 10.2. The molecule has 0 aliphatic carbocycles. The molecule has 0 aromatic heterocycles. The van der Waals surface area contributed by atoms with E-state index in [0.29, 0.717) is 5.92 Å². The Kier molecular flexibility index (Phi) is 8.98. The highest BCUT2D eigenvalue weighted by atomic mass is 35.5. The molecule has 23 heavy (non-hydrogen) atoms. The molecule has 0 radical (unpaired) electrons. The fourth-order valence-corrected chi connectivity index (χ4v) is 4.90. The van der Waals surface area contributed by atoms with E-state index >= 15 is 0 Å². The van der Waals surface area contributed by atoms with Crippen molar-refractivity contribution in [3.8, 4) is 0 Å². The average molecular weight is 386 g/mol. The number of carbonyl (C=O) groups excluding carboxylic acids is 1. The van der Waals surface area contributed by atoms with Crippen LogP contribution in [0.5, 0.6) is 0 Å². The highest BCUT2D eigenvalue weighted by Gasteiger charge is 2.41. The fourth-order valence-electron chi connectivity index (χ4n) is 3.43. The Bertz CT molecular complexity index is 374. The summed E-state index contributed by atoms with van der Waals surface area (Å²) in [6, 6.07) is 0. The van der Waals surface area contributed by atoms with Crippen molar-refractivity contribution in [3.05, 3.63) is 0 Å². The second-order valence-corrected chi connectivity index (χ2v) is 7.66. The zero-order valence-corrected chi connectivity index (χ0v) is 16.2. The number of ether oxygens (including phenoxy) is 1. The second kappa shape index (κ2) is 9.68. The number of nitrogens with one attached hydrogen (secondary N) is 2. The fraction of sp³-hybridized carbons (Fsp3) is 0.933. The lowest BCUT2D eigenvalue weighted by atomic mass is 9.88. The van der Waals surface area contributed by atoms with Crippen molar-refractivity contribution in [3.63, 3.8) is 0 Å². The Morgan fingerprint density at radius 1 is 1.39 bits per heavy atom. The maximum atomic E-state index is 12.4. The Balaban J connectivity index is 0.00000132. The molecule has 8 heteroatoms. The summed E-state index contributed by atoms with van der Waals surface area (Å²) in [7, 11) is 0. The van der Waals surface area contributed by atoms with Gasteiger partial charge in [0.15, 0.2) is 0 Å². The smallest absolute Gasteiger partial charge is 0.223 e. The number of morpholine rings is 1. The summed E-state index contributed by atoms with van der Waals surface area (Å²) >= 11 is 2.01. The van der Waals surface area contributed by atoms with Crippen molar-refractivity contribution in [1.29, 1.82) is 0 Å². The Morgan fingerprint density at radius 2 is 2.09 bits per heavy atom. The number of carbonyl (C=O) groups is 1. The molecule has 5 nitrogen and oxygen atoms in total. The molecule has 136 valence electrons. The lowest BCUT2D eigenvalue weighted by molar-refractivity contribution is -0.127. The number of rotatable bonds is 5. The topological polar surface area (TPSA) is 53.6 Å². The van der Waals surface area contributed by atoms with Crippen LogP contribution in [0.2, 0.25) is 0 Å². The van der Waals surface area contributed by atoms with E-state index in [1.807, 2.05) is 11.8 Å². The van der Waals surface area contributed by atoms with Crippen LogP contribution in [0.1, 0.15) is 13.3 Å². The van der Waals surface area contributed by atoms with Crippen molar-refractivity contribution >= 4 is 42.5 Å². The third-order valence-electron chi connectivity index (χ3n) is 5.29. The molecule has 3 rings (SSSR count). The lowest BCUT2D eigenvalue weighted by Gasteiger charge is -2.43. The Hall–Kier alpha value is 0.280. The number of amides is 1. The quantitative estimate of drug-likeness (QED) is 0.739. The molecule has 2 unspecified atom stereocenters. The molecule has 0 aromatic carbocycles. The minimum Gasteiger partial charge on any atom is -0.379 e. The molecule has 0 saturated carbocycles. The van der Waals surface area contributed by atoms with E-state index in [9.17, 15) is 4.79 Å². The molecule has 3 saturated heterocycles. The van der Waals surface area contributed by atoms with Gasteiger partial charge in [-0.3, -0.25) is 9.69 Å². The van der Waals surface area contributed by atoms with Crippen LogP contribution in [-0.4, -0.2) is 73.8 Å². The molecule has 3 heterocycles. The van der Waals surface area contributed by atoms with Crippen LogP contribution >= 0.6 is 36.6 Å². The molecule has 1 amide bonds. The van der Waals surface area contributed by atoms with Crippen LogP contribution in [0.15, 0.2) is 0 Å². The van der Waals surface area contributed by atoms with Gasteiger partial charge in [0.2, 0.25) is 5.91 Å². The molecule has 3 aliphatic rings. The highest BCUT2D eigenvalue weighted by molar-refractivity contribution is 7.99. The summed E-state index contributed by atoms with van der Waals surface area (Å²) in [5, 5.41) is 6.50. The van der Waals surface area contributed by atoms with Gasteiger partial charge in [0.25, 0.3) is 0 Å². The highest BCUT2D eigenvalue weighted by Crippen LogP contribution is 2.33. The molecule has 0 bridgehead atoms. The van der Waals surface area contributed by atoms with Crippen molar-refractivity contribution in [2.45, 2.75) is 18.9 Å². The third-order valence-corrected chi connectivity index (χ3v) is 6.52. The SMILES string of the molecule is CC(C(=O)NCC1(N2CCOCC2)CCSC1)C1CNC1.Cl.Cl. The van der Waals surface area contributed by atoms with Crippen LogP contribution in [0.25, 0.3) is 0 Å². The van der Waals surface area contributed by atoms with Gasteiger partial charge in [-0.1, -0.05) is 6.92 Å². The van der Waals surface area contributed by atoms with Gasteiger partial charge in [-0.2, -0.15) is 11.8 Å². The maximum absolute atomic E-state index is 12.4. The molecule has 0 spiro atoms. The van der Waals surface area contributed by atoms with E-state index in [4.69, 9.17) is 4.74 Å². The van der Waals surface area contributed by atoms with Gasteiger partial charge in [0.1, 0.15) is 0 Å². The standard InChI is InChI=1S/C15H27N3O2S.2ClH/c1-12(13-8-16-9-13)14(19)17-10-15(2-7-21-11-15)18-3-5-20-6-4-18;;/h12-13,16H,2-11H2,1H3,(H,17,19);2*1H. The molecule has 3 aliphatic heterocycles. The first kappa shape index (κ1) is 21.3. The van der Waals surface area contributed by atoms with Crippen molar-refractivity contribution in [2.24, 2.45) is 11.8 Å². The van der Waals surface area contributed by atoms with Crippen LogP contribution in [0, 0.1) is 11.8 Å². The van der Waals surface area contributed by atoms with Crippen molar-refractivity contribution < 1.29 is 9.53 Å². The predicted octanol–water partition coefficient (Wildman–Crippen LogP) is 1.01. The van der Waals surface area contributed by atoms with Crippen molar-refractivity contribution in [1.82, 2.24) is 15.5 Å². The number of halogens is 2. The minimum absolute atomic E-state index is 0. The summed E-state index contributed by atoms with van der Waals surface area (Å²) in [5.41, 5.74) is 0.154. The minimum atomic E-state index is 0. The number of nitrogens with zero attached hydrogens (tertiary/aromatic N) is 1. The normalized spacial score (nSPS) is 29.8. The number of hydrogen-bond donors (Lipinski definition) is 2. The molecule has 2 N–H and O–H groups in total. The van der Waals surface area contributed by atoms with E-state index in [0.717, 1.165) is 51.7 Å². The van der Waals surface area contributed by atoms with Gasteiger partial charge in [0.05, 0.1) is 13.2 Å². The predicted molar refractivity (Wildman–Crippen MR) is 100 cm³/mol. The van der Waals surface area contributed by atoms with Crippen LogP contribution < -0.4 is 10.6 Å². The monoisotopic (exact) mass is 385 g/mol. The first-order valence-corrected chi connectivity index (χ1v) is 9.26. The van der Waals surface area contributed by atoms with E-state index < -0.39 is 0 Å². The van der Waals surface area contributed by atoms with Crippen LogP contribution in [0.3, 0.4) is 0 Å². The largest absolute Gasteiger partial charge is 0.379 e. The van der Waals surface area contributed by atoms with Crippen molar-refractivity contribution in [2.75, 3.05) is 57.4 Å². The van der Waals surface area contributed by atoms with Gasteiger partial charge in [-0.15, -0.1) is 24.8 Å². The Labute approximate surface area is 155 Å². The Morgan fingerprint density at radius 3 is 2.61 bits per heavy atom. The van der Waals surface area contributed by atoms with Gasteiger partial charge in [-0.05, 0) is 31.2 Å². The molecular formula is C15H29Cl2N3O2S. The lowest BCUT2D eigenvalue weighted by Crippen LogP contribution is -2.60. The first-order valence-electron chi connectivity index (χ1n) is 8.10. The number of thioether (sulfide) groups is 1. The van der Waals surface area contributed by atoms with Gasteiger partial charge < -0.3 is 15.4 Å². The molecule has 2 atom stereocenters. The van der Waals surface area contributed by atoms with E-state index in [1.54, 1.807) is 0 Å². The number of hydrogen-bond acceptors (Lipinski definition) is 5. The summed E-state index contributed by atoms with van der Waals surface area (Å²) in [5.74, 6) is 3.21. The third kappa shape index (κ3) is 4.89. The molecule has 3 fully saturated rings. The zero-order chi connectivity index (χ0) is 14.7. The van der Waals surface area contributed by atoms with Crippen LogP contribution in [-0.2, 0) is 9.53 Å². The van der Waals surface area contributed by atoms with E-state index in [1.165, 1.54) is 12.2 Å². The van der Waals surface area contributed by atoms with Gasteiger partial charge in [-0.25, -0.2) is 0 Å².